The van der Waals surface area contributed by atoms with Gasteiger partial charge >= 0.3 is 5.97 Å². The summed E-state index contributed by atoms with van der Waals surface area (Å²) < 4.78 is 5.98. The number of hydrogen-bond acceptors (Lipinski definition) is 7. The first-order valence-corrected chi connectivity index (χ1v) is 10.7. The van der Waals surface area contributed by atoms with Gasteiger partial charge in [-0.1, -0.05) is 23.7 Å². The van der Waals surface area contributed by atoms with E-state index in [0.29, 0.717) is 12.8 Å². The molecule has 0 aliphatic carbocycles. The van der Waals surface area contributed by atoms with Crippen LogP contribution in [0.2, 0.25) is 5.02 Å². The zero-order valence-corrected chi connectivity index (χ0v) is 18.6. The summed E-state index contributed by atoms with van der Waals surface area (Å²) in [4.78, 5) is 63.6. The molecule has 1 aliphatic heterocycles. The molecule has 174 valence electrons. The fourth-order valence-corrected chi connectivity index (χ4v) is 3.94. The minimum Gasteiger partial charge on any atom is -0.466 e. The van der Waals surface area contributed by atoms with Crippen LogP contribution in [-0.4, -0.2) is 51.7 Å². The second-order valence-corrected chi connectivity index (χ2v) is 7.98. The number of nitro groups is 1. The zero-order valence-electron chi connectivity index (χ0n) is 17.8. The summed E-state index contributed by atoms with van der Waals surface area (Å²) in [5.74, 6) is -2.49. The van der Waals surface area contributed by atoms with Crippen LogP contribution in [0.3, 0.4) is 0 Å². The van der Waals surface area contributed by atoms with Crippen LogP contribution in [0.15, 0.2) is 47.4 Å². The molecule has 1 amide bonds. The molecule has 2 heterocycles. The second-order valence-electron chi connectivity index (χ2n) is 7.54. The van der Waals surface area contributed by atoms with Crippen LogP contribution in [0.25, 0.3) is 0 Å². The Labute approximate surface area is 193 Å². The largest absolute Gasteiger partial charge is 0.466 e. The molecule has 33 heavy (non-hydrogen) atoms. The highest BCUT2D eigenvalue weighted by molar-refractivity contribution is 6.30. The number of likely N-dealkylation sites (tertiary alicyclic amines) is 1. The molecule has 0 saturated carbocycles. The van der Waals surface area contributed by atoms with Gasteiger partial charge in [0.2, 0.25) is 0 Å². The number of benzene rings is 1. The Bertz CT molecular complexity index is 1150. The van der Waals surface area contributed by atoms with Gasteiger partial charge in [0, 0.05) is 43.0 Å². The number of carbonyl (C=O) groups is 3. The van der Waals surface area contributed by atoms with Crippen molar-refractivity contribution in [2.24, 2.45) is 5.92 Å². The highest BCUT2D eigenvalue weighted by Gasteiger charge is 2.37. The average molecular weight is 476 g/mol. The number of carbonyl (C=O) groups excluding carboxylic acids is 3. The molecule has 1 fully saturated rings. The Morgan fingerprint density at radius 2 is 2.03 bits per heavy atom. The van der Waals surface area contributed by atoms with E-state index < -0.39 is 40.1 Å². The normalized spacial score (nSPS) is 16.7. The molecule has 1 saturated heterocycles. The molecule has 1 aromatic heterocycles. The molecule has 0 radical (unpaired) electrons. The maximum absolute atomic E-state index is 13.5. The van der Waals surface area contributed by atoms with Gasteiger partial charge < -0.3 is 9.64 Å². The number of halogens is 1. The van der Waals surface area contributed by atoms with Gasteiger partial charge in [-0.2, -0.15) is 0 Å². The Kier molecular flexibility index (Phi) is 7.59. The van der Waals surface area contributed by atoms with Gasteiger partial charge in [-0.15, -0.1) is 0 Å². The average Bonchev–Trinajstić information content (AvgIpc) is 2.81. The smallest absolute Gasteiger partial charge is 0.310 e. The number of esters is 1. The van der Waals surface area contributed by atoms with Crippen molar-refractivity contribution in [2.45, 2.75) is 25.8 Å². The van der Waals surface area contributed by atoms with Crippen molar-refractivity contribution in [1.82, 2.24) is 9.47 Å². The summed E-state index contributed by atoms with van der Waals surface area (Å²) in [6.07, 6.45) is 2.22. The quantitative estimate of drug-likeness (QED) is 0.198. The maximum Gasteiger partial charge on any atom is 0.310 e. The van der Waals surface area contributed by atoms with Crippen LogP contribution in [0.5, 0.6) is 0 Å². The monoisotopic (exact) mass is 475 g/mol. The van der Waals surface area contributed by atoms with Crippen molar-refractivity contribution in [3.05, 3.63) is 73.6 Å². The minimum absolute atomic E-state index is 0.0334. The van der Waals surface area contributed by atoms with E-state index >= 15 is 0 Å². The van der Waals surface area contributed by atoms with Crippen molar-refractivity contribution < 1.29 is 24.0 Å². The number of ketones is 1. The van der Waals surface area contributed by atoms with E-state index in [1.807, 2.05) is 0 Å². The maximum atomic E-state index is 13.5. The topological polar surface area (TPSA) is 129 Å². The van der Waals surface area contributed by atoms with Gasteiger partial charge in [-0.05, 0) is 25.8 Å². The lowest BCUT2D eigenvalue weighted by molar-refractivity contribution is -0.384. The standard InChI is InChI=1S/C22H22ClN3O7/c1-2-33-22(30)15-6-4-10-24(12-15)21(29)19(25-13-16(23)8-9-18(25)27)20(28)14-5-3-7-17(11-14)26(31)32/h3,5,7-9,11,13,15,19H,2,4,6,10,12H2,1H3/t15-,19+/m0/s1. The molecule has 0 spiro atoms. The van der Waals surface area contributed by atoms with Crippen LogP contribution in [-0.2, 0) is 14.3 Å². The number of nitrogens with zero attached hydrogens (tertiary/aromatic N) is 3. The van der Waals surface area contributed by atoms with Gasteiger partial charge in [-0.3, -0.25) is 33.9 Å². The number of hydrogen-bond donors (Lipinski definition) is 0. The molecule has 10 nitrogen and oxygen atoms in total. The predicted molar refractivity (Wildman–Crippen MR) is 118 cm³/mol. The van der Waals surface area contributed by atoms with Crippen molar-refractivity contribution in [1.29, 1.82) is 0 Å². The van der Waals surface area contributed by atoms with Crippen molar-refractivity contribution in [3.8, 4) is 0 Å². The highest BCUT2D eigenvalue weighted by Crippen LogP contribution is 2.25. The fourth-order valence-electron chi connectivity index (χ4n) is 3.77. The first-order valence-electron chi connectivity index (χ1n) is 10.3. The first-order chi connectivity index (χ1) is 15.7. The number of piperidine rings is 1. The fraction of sp³-hybridized carbons (Fsp3) is 0.364. The van der Waals surface area contributed by atoms with Gasteiger partial charge in [0.25, 0.3) is 17.2 Å². The summed E-state index contributed by atoms with van der Waals surface area (Å²) in [5.41, 5.74) is -1.07. The number of rotatable bonds is 7. The third-order valence-electron chi connectivity index (χ3n) is 5.36. The number of Topliss-reactive ketones (excluding diaryl/α,β-unsaturated/α-hetero) is 1. The van der Waals surface area contributed by atoms with Crippen LogP contribution in [0.4, 0.5) is 5.69 Å². The lowest BCUT2D eigenvalue weighted by atomic mass is 9.96. The van der Waals surface area contributed by atoms with Gasteiger partial charge in [0.15, 0.2) is 11.8 Å². The summed E-state index contributed by atoms with van der Waals surface area (Å²) >= 11 is 6.02. The Balaban J connectivity index is 2.01. The van der Waals surface area contributed by atoms with E-state index in [1.165, 1.54) is 35.4 Å². The van der Waals surface area contributed by atoms with Crippen LogP contribution < -0.4 is 5.56 Å². The van der Waals surface area contributed by atoms with E-state index in [2.05, 4.69) is 0 Å². The molecule has 0 N–H and O–H groups in total. The summed E-state index contributed by atoms with van der Waals surface area (Å²) in [5, 5.41) is 11.3. The molecule has 3 rings (SSSR count). The third kappa shape index (κ3) is 5.46. The molecule has 2 atom stereocenters. The van der Waals surface area contributed by atoms with E-state index in [1.54, 1.807) is 6.92 Å². The summed E-state index contributed by atoms with van der Waals surface area (Å²) in [6, 6.07) is 5.75. The Morgan fingerprint density at radius 3 is 2.73 bits per heavy atom. The molecule has 1 aromatic carbocycles. The van der Waals surface area contributed by atoms with Gasteiger partial charge in [0.1, 0.15) is 0 Å². The summed E-state index contributed by atoms with van der Waals surface area (Å²) in [6.45, 7) is 2.20. The van der Waals surface area contributed by atoms with Crippen LogP contribution in [0.1, 0.15) is 36.2 Å². The number of nitro benzene ring substituents is 1. The van der Waals surface area contributed by atoms with Gasteiger partial charge in [-0.25, -0.2) is 0 Å². The van der Waals surface area contributed by atoms with E-state index in [9.17, 15) is 29.3 Å². The predicted octanol–water partition coefficient (Wildman–Crippen LogP) is 2.64. The molecule has 0 bridgehead atoms. The van der Waals surface area contributed by atoms with Crippen molar-refractivity contribution in [3.63, 3.8) is 0 Å². The molecular weight excluding hydrogens is 454 g/mol. The van der Waals surface area contributed by atoms with E-state index in [0.717, 1.165) is 16.7 Å². The zero-order chi connectivity index (χ0) is 24.1. The molecule has 1 aliphatic rings. The lowest BCUT2D eigenvalue weighted by Gasteiger charge is -2.34. The third-order valence-corrected chi connectivity index (χ3v) is 5.58. The van der Waals surface area contributed by atoms with Crippen molar-refractivity contribution in [2.75, 3.05) is 19.7 Å². The lowest BCUT2D eigenvalue weighted by Crippen LogP contribution is -2.48. The van der Waals surface area contributed by atoms with Gasteiger partial charge in [0.05, 0.1) is 22.5 Å². The van der Waals surface area contributed by atoms with E-state index in [-0.39, 0.29) is 36.0 Å². The number of ether oxygens (including phenoxy) is 1. The molecule has 2 aromatic rings. The highest BCUT2D eigenvalue weighted by atomic mass is 35.5. The number of aromatic nitrogens is 1. The van der Waals surface area contributed by atoms with Crippen molar-refractivity contribution >= 4 is 34.9 Å². The number of non-ortho nitro benzene ring substituents is 1. The molecule has 11 heteroatoms. The van der Waals surface area contributed by atoms with Crippen LogP contribution in [0, 0.1) is 16.0 Å². The second kappa shape index (κ2) is 10.4. The first kappa shape index (κ1) is 24.1. The Hall–Kier alpha value is -3.53. The summed E-state index contributed by atoms with van der Waals surface area (Å²) in [7, 11) is 0. The van der Waals surface area contributed by atoms with Crippen LogP contribution >= 0.6 is 11.6 Å². The molecular formula is C22H22ClN3O7. The SMILES string of the molecule is CCOC(=O)[C@H]1CCCN(C(=O)[C@@H](C(=O)c2cccc([N+](=O)[O-])c2)n2cc(Cl)ccc2=O)C1. The molecule has 0 unspecified atom stereocenters. The number of amides is 1. The Morgan fingerprint density at radius 1 is 1.27 bits per heavy atom. The van der Waals surface area contributed by atoms with E-state index in [4.69, 9.17) is 16.3 Å². The minimum atomic E-state index is -1.64. The number of pyridine rings is 1.